The molecule has 0 saturated heterocycles. The molecule has 0 heterocycles. The summed E-state index contributed by atoms with van der Waals surface area (Å²) in [4.78, 5) is 24.7. The summed E-state index contributed by atoms with van der Waals surface area (Å²) in [5.41, 5.74) is 5.09. The maximum atomic E-state index is 12.5. The fourth-order valence-corrected chi connectivity index (χ4v) is 3.33. The van der Waals surface area contributed by atoms with Gasteiger partial charge in [-0.1, -0.05) is 78.9 Å². The predicted octanol–water partition coefficient (Wildman–Crippen LogP) is 6.18. The van der Waals surface area contributed by atoms with Crippen LogP contribution in [0.5, 0.6) is 0 Å². The Hall–Kier alpha value is -4.38. The highest BCUT2D eigenvalue weighted by molar-refractivity contribution is 6.00. The minimum Gasteiger partial charge on any atom is -0.326 e. The summed E-state index contributed by atoms with van der Waals surface area (Å²) < 4.78 is 0. The molecule has 0 unspecified atom stereocenters. The van der Waals surface area contributed by atoms with E-state index in [0.29, 0.717) is 17.1 Å². The van der Waals surface area contributed by atoms with Crippen molar-refractivity contribution >= 4 is 29.0 Å². The lowest BCUT2D eigenvalue weighted by Gasteiger charge is -2.10. The number of rotatable bonds is 6. The quantitative estimate of drug-likeness (QED) is 0.348. The molecule has 3 amide bonds. The topological polar surface area (TPSA) is 70.2 Å². The molecule has 0 aromatic heterocycles. The zero-order valence-electron chi connectivity index (χ0n) is 17.4. The highest BCUT2D eigenvalue weighted by atomic mass is 16.2. The van der Waals surface area contributed by atoms with Crippen LogP contribution in [0.4, 0.5) is 21.9 Å². The van der Waals surface area contributed by atoms with Gasteiger partial charge in [-0.2, -0.15) is 0 Å². The largest absolute Gasteiger partial charge is 0.326 e. The summed E-state index contributed by atoms with van der Waals surface area (Å²) >= 11 is 0. The third-order valence-corrected chi connectivity index (χ3v) is 4.86. The van der Waals surface area contributed by atoms with Gasteiger partial charge in [0.25, 0.3) is 0 Å². The minimum atomic E-state index is -0.349. The van der Waals surface area contributed by atoms with Crippen LogP contribution in [-0.4, -0.2) is 11.9 Å². The zero-order valence-corrected chi connectivity index (χ0v) is 17.4. The highest BCUT2D eigenvalue weighted by Crippen LogP contribution is 2.20. The van der Waals surface area contributed by atoms with Gasteiger partial charge < -0.3 is 16.0 Å². The summed E-state index contributed by atoms with van der Waals surface area (Å²) in [6.45, 7) is 0. The van der Waals surface area contributed by atoms with Crippen molar-refractivity contribution in [2.24, 2.45) is 0 Å². The van der Waals surface area contributed by atoms with E-state index in [2.05, 4.69) is 28.1 Å². The molecule has 0 radical (unpaired) electrons. The first kappa shape index (κ1) is 20.9. The van der Waals surface area contributed by atoms with Gasteiger partial charge in [0.05, 0.1) is 6.42 Å². The second kappa shape index (κ2) is 10.1. The Balaban J connectivity index is 1.33. The first-order chi connectivity index (χ1) is 15.7. The number of amides is 3. The van der Waals surface area contributed by atoms with E-state index in [-0.39, 0.29) is 18.4 Å². The smallest absolute Gasteiger partial charge is 0.323 e. The Labute approximate surface area is 187 Å². The van der Waals surface area contributed by atoms with Crippen LogP contribution >= 0.6 is 0 Å². The standard InChI is InChI=1S/C27H23N3O2/c31-26(18-20-14-16-22(17-15-20)21-8-3-1-4-9-21)28-24-12-7-13-25(19-24)30-27(32)29-23-10-5-2-6-11-23/h1-17,19H,18H2,(H,28,31)(H2,29,30,32). The average molecular weight is 422 g/mol. The summed E-state index contributed by atoms with van der Waals surface area (Å²) in [5, 5.41) is 8.43. The van der Waals surface area contributed by atoms with Crippen molar-refractivity contribution in [1.29, 1.82) is 0 Å². The van der Waals surface area contributed by atoms with Crippen molar-refractivity contribution in [3.8, 4) is 11.1 Å². The number of urea groups is 1. The number of nitrogens with one attached hydrogen (secondary N) is 3. The minimum absolute atomic E-state index is 0.122. The SMILES string of the molecule is O=C(Cc1ccc(-c2ccccc2)cc1)Nc1cccc(NC(=O)Nc2ccccc2)c1. The second-order valence-corrected chi connectivity index (χ2v) is 7.31. The van der Waals surface area contributed by atoms with Gasteiger partial charge in [-0.25, -0.2) is 4.79 Å². The number of benzene rings is 4. The molecule has 0 fully saturated rings. The highest BCUT2D eigenvalue weighted by Gasteiger charge is 2.07. The van der Waals surface area contributed by atoms with Gasteiger partial charge in [0.2, 0.25) is 5.91 Å². The first-order valence-electron chi connectivity index (χ1n) is 10.3. The summed E-state index contributed by atoms with van der Waals surface area (Å²) in [6, 6.07) is 34.0. The van der Waals surface area contributed by atoms with Crippen LogP contribution in [-0.2, 0) is 11.2 Å². The lowest BCUT2D eigenvalue weighted by atomic mass is 10.0. The molecular formula is C27H23N3O2. The maximum Gasteiger partial charge on any atom is 0.323 e. The van der Waals surface area contributed by atoms with Crippen molar-refractivity contribution in [2.45, 2.75) is 6.42 Å². The molecule has 0 aliphatic heterocycles. The lowest BCUT2D eigenvalue weighted by Crippen LogP contribution is -2.19. The number of hydrogen-bond donors (Lipinski definition) is 3. The number of carbonyl (C=O) groups is 2. The summed E-state index contributed by atoms with van der Waals surface area (Å²) in [7, 11) is 0. The Morgan fingerprint density at radius 3 is 1.75 bits per heavy atom. The van der Waals surface area contributed by atoms with Gasteiger partial charge in [0.15, 0.2) is 0 Å². The van der Waals surface area contributed by atoms with Crippen LogP contribution in [0.3, 0.4) is 0 Å². The van der Waals surface area contributed by atoms with Crippen molar-refractivity contribution in [2.75, 3.05) is 16.0 Å². The number of anilines is 3. The first-order valence-corrected chi connectivity index (χ1v) is 10.3. The van der Waals surface area contributed by atoms with E-state index < -0.39 is 0 Å². The van der Waals surface area contributed by atoms with Gasteiger partial charge in [-0.3, -0.25) is 4.79 Å². The van der Waals surface area contributed by atoms with Gasteiger partial charge in [0, 0.05) is 17.1 Å². The second-order valence-electron chi connectivity index (χ2n) is 7.31. The third kappa shape index (κ3) is 5.83. The molecule has 5 heteroatoms. The molecule has 32 heavy (non-hydrogen) atoms. The van der Waals surface area contributed by atoms with Crippen LogP contribution in [0.15, 0.2) is 109 Å². The van der Waals surface area contributed by atoms with Crippen LogP contribution in [0.2, 0.25) is 0 Å². The Morgan fingerprint density at radius 1 is 0.531 bits per heavy atom. The molecule has 0 atom stereocenters. The summed E-state index contributed by atoms with van der Waals surface area (Å²) in [5.74, 6) is -0.122. The van der Waals surface area contributed by atoms with Crippen molar-refractivity contribution in [1.82, 2.24) is 0 Å². The molecule has 0 aliphatic carbocycles. The van der Waals surface area contributed by atoms with Gasteiger partial charge in [-0.15, -0.1) is 0 Å². The van der Waals surface area contributed by atoms with Gasteiger partial charge in [0.1, 0.15) is 0 Å². The molecule has 158 valence electrons. The molecule has 0 spiro atoms. The van der Waals surface area contributed by atoms with Gasteiger partial charge >= 0.3 is 6.03 Å². The average Bonchev–Trinajstić information content (AvgIpc) is 2.81. The Morgan fingerprint density at radius 2 is 1.06 bits per heavy atom. The van der Waals surface area contributed by atoms with Crippen LogP contribution in [0.25, 0.3) is 11.1 Å². The molecule has 4 rings (SSSR count). The number of carbonyl (C=O) groups excluding carboxylic acids is 2. The normalized spacial score (nSPS) is 10.2. The summed E-state index contributed by atoms with van der Waals surface area (Å²) in [6.07, 6.45) is 0.265. The molecule has 0 aliphatic rings. The zero-order chi connectivity index (χ0) is 22.2. The Bertz CT molecular complexity index is 1190. The van der Waals surface area contributed by atoms with E-state index >= 15 is 0 Å². The van der Waals surface area contributed by atoms with Crippen molar-refractivity contribution < 1.29 is 9.59 Å². The van der Waals surface area contributed by atoms with E-state index in [1.54, 1.807) is 24.3 Å². The van der Waals surface area contributed by atoms with Crippen LogP contribution in [0.1, 0.15) is 5.56 Å². The van der Waals surface area contributed by atoms with Crippen LogP contribution < -0.4 is 16.0 Å². The monoisotopic (exact) mass is 421 g/mol. The van der Waals surface area contributed by atoms with Crippen molar-refractivity contribution in [3.63, 3.8) is 0 Å². The van der Waals surface area contributed by atoms with Crippen molar-refractivity contribution in [3.05, 3.63) is 115 Å². The van der Waals surface area contributed by atoms with E-state index in [9.17, 15) is 9.59 Å². The predicted molar refractivity (Wildman–Crippen MR) is 130 cm³/mol. The van der Waals surface area contributed by atoms with Gasteiger partial charge in [-0.05, 0) is 47.0 Å². The molecule has 4 aromatic rings. The molecule has 3 N–H and O–H groups in total. The number of hydrogen-bond acceptors (Lipinski definition) is 2. The van der Waals surface area contributed by atoms with E-state index in [1.165, 1.54) is 0 Å². The molecular weight excluding hydrogens is 398 g/mol. The number of para-hydroxylation sites is 1. The van der Waals surface area contributed by atoms with Crippen LogP contribution in [0, 0.1) is 0 Å². The Kier molecular flexibility index (Phi) is 6.58. The lowest BCUT2D eigenvalue weighted by molar-refractivity contribution is -0.115. The molecule has 0 bridgehead atoms. The fourth-order valence-electron chi connectivity index (χ4n) is 3.33. The molecule has 4 aromatic carbocycles. The molecule has 5 nitrogen and oxygen atoms in total. The third-order valence-electron chi connectivity index (χ3n) is 4.86. The van der Waals surface area contributed by atoms with E-state index in [0.717, 1.165) is 16.7 Å². The fraction of sp³-hybridized carbons (Fsp3) is 0.0370. The maximum absolute atomic E-state index is 12.5. The van der Waals surface area contributed by atoms with E-state index in [1.807, 2.05) is 72.8 Å². The molecule has 0 saturated carbocycles. The van der Waals surface area contributed by atoms with E-state index in [4.69, 9.17) is 0 Å².